The number of rotatable bonds is 5. The van der Waals surface area contributed by atoms with E-state index in [1.54, 1.807) is 0 Å². The van der Waals surface area contributed by atoms with Gasteiger partial charge in [-0.2, -0.15) is 0 Å². The van der Waals surface area contributed by atoms with Gasteiger partial charge in [0.25, 0.3) is 0 Å². The van der Waals surface area contributed by atoms with Crippen molar-refractivity contribution in [1.29, 1.82) is 0 Å². The second kappa shape index (κ2) is 6.60. The van der Waals surface area contributed by atoms with Crippen molar-refractivity contribution in [2.45, 2.75) is 44.2 Å². The molecular weight excluding hydrogens is 300 g/mol. The monoisotopic (exact) mass is 326 g/mol. The highest BCUT2D eigenvalue weighted by Gasteiger charge is 2.47. The normalized spacial score (nSPS) is 19.0. The summed E-state index contributed by atoms with van der Waals surface area (Å²) in [5.41, 5.74) is 1.88. The van der Waals surface area contributed by atoms with Crippen molar-refractivity contribution in [2.75, 3.05) is 6.61 Å². The van der Waals surface area contributed by atoms with E-state index in [1.807, 2.05) is 0 Å². The summed E-state index contributed by atoms with van der Waals surface area (Å²) in [4.78, 5) is 0. The molecule has 3 rings (SSSR count). The third-order valence-corrected chi connectivity index (χ3v) is 5.19. The van der Waals surface area contributed by atoms with Crippen LogP contribution < -0.4 is 0 Å². The maximum atomic E-state index is 6.90. The molecule has 0 radical (unpaired) electrons. The SMILES string of the molecule is C[Si](C)(C)OC(c1ccccc1)(c1ccccc1)[C@@H]1CCCO1. The molecule has 0 saturated carbocycles. The van der Waals surface area contributed by atoms with Gasteiger partial charge in [-0.1, -0.05) is 60.7 Å². The summed E-state index contributed by atoms with van der Waals surface area (Å²) in [5.74, 6) is 0. The van der Waals surface area contributed by atoms with Crippen LogP contribution in [0.2, 0.25) is 19.6 Å². The first-order valence-corrected chi connectivity index (χ1v) is 11.9. The number of benzene rings is 2. The lowest BCUT2D eigenvalue weighted by molar-refractivity contribution is -0.0495. The fourth-order valence-electron chi connectivity index (χ4n) is 3.47. The van der Waals surface area contributed by atoms with E-state index >= 15 is 0 Å². The average Bonchev–Trinajstić information content (AvgIpc) is 3.08. The Morgan fingerprint density at radius 3 is 1.83 bits per heavy atom. The van der Waals surface area contributed by atoms with Gasteiger partial charge in [0.1, 0.15) is 5.60 Å². The minimum absolute atomic E-state index is 0.0685. The Balaban J connectivity index is 2.20. The van der Waals surface area contributed by atoms with E-state index in [0.717, 1.165) is 19.4 Å². The van der Waals surface area contributed by atoms with Crippen molar-refractivity contribution < 1.29 is 9.16 Å². The van der Waals surface area contributed by atoms with Crippen LogP contribution in [0.15, 0.2) is 60.7 Å². The molecule has 0 amide bonds. The quantitative estimate of drug-likeness (QED) is 0.723. The number of ether oxygens (including phenoxy) is 1. The van der Waals surface area contributed by atoms with Gasteiger partial charge in [-0.05, 0) is 43.6 Å². The molecule has 23 heavy (non-hydrogen) atoms. The molecule has 1 saturated heterocycles. The number of hydrogen-bond donors (Lipinski definition) is 0. The van der Waals surface area contributed by atoms with Gasteiger partial charge in [-0.25, -0.2) is 0 Å². The number of hydrogen-bond acceptors (Lipinski definition) is 2. The molecule has 1 atom stereocenters. The Hall–Kier alpha value is -1.42. The van der Waals surface area contributed by atoms with Gasteiger partial charge >= 0.3 is 0 Å². The second-order valence-electron chi connectivity index (χ2n) is 7.18. The minimum atomic E-state index is -1.81. The Bertz CT molecular complexity index is 574. The van der Waals surface area contributed by atoms with Gasteiger partial charge in [0.15, 0.2) is 8.32 Å². The van der Waals surface area contributed by atoms with Crippen molar-refractivity contribution >= 4 is 8.32 Å². The van der Waals surface area contributed by atoms with E-state index in [2.05, 4.69) is 80.3 Å². The molecule has 0 aromatic heterocycles. The van der Waals surface area contributed by atoms with E-state index in [9.17, 15) is 0 Å². The second-order valence-corrected chi connectivity index (χ2v) is 11.6. The maximum absolute atomic E-state index is 6.90. The van der Waals surface area contributed by atoms with E-state index in [0.29, 0.717) is 0 Å². The molecule has 0 aliphatic carbocycles. The molecule has 0 spiro atoms. The van der Waals surface area contributed by atoms with E-state index in [-0.39, 0.29) is 6.10 Å². The summed E-state index contributed by atoms with van der Waals surface area (Å²) in [7, 11) is -1.81. The molecule has 1 fully saturated rings. The summed E-state index contributed by atoms with van der Waals surface area (Å²) >= 11 is 0. The molecule has 122 valence electrons. The zero-order chi connectivity index (χ0) is 16.3. The van der Waals surface area contributed by atoms with Crippen molar-refractivity contribution in [2.24, 2.45) is 0 Å². The predicted molar refractivity (Wildman–Crippen MR) is 97.1 cm³/mol. The standard InChI is InChI=1S/C20H26O2Si/c1-23(2,3)22-20(19-15-10-16-21-19,17-11-6-4-7-12-17)18-13-8-5-9-14-18/h4-9,11-14,19H,10,15-16H2,1-3H3/t19-/m0/s1. The van der Waals surface area contributed by atoms with Crippen LogP contribution in [-0.4, -0.2) is 21.0 Å². The van der Waals surface area contributed by atoms with Gasteiger partial charge in [-0.15, -0.1) is 0 Å². The highest BCUT2D eigenvalue weighted by Crippen LogP contribution is 2.44. The fourth-order valence-corrected chi connectivity index (χ4v) is 4.81. The molecule has 0 N–H and O–H groups in total. The van der Waals surface area contributed by atoms with Crippen LogP contribution in [0.5, 0.6) is 0 Å². The highest BCUT2D eigenvalue weighted by atomic mass is 28.4. The van der Waals surface area contributed by atoms with Gasteiger partial charge in [0, 0.05) is 6.61 Å². The Kier molecular flexibility index (Phi) is 4.71. The summed E-state index contributed by atoms with van der Waals surface area (Å²) in [5, 5.41) is 0. The van der Waals surface area contributed by atoms with E-state index in [1.165, 1.54) is 11.1 Å². The van der Waals surface area contributed by atoms with Crippen molar-refractivity contribution in [1.82, 2.24) is 0 Å². The topological polar surface area (TPSA) is 18.5 Å². The molecule has 0 unspecified atom stereocenters. The summed E-state index contributed by atoms with van der Waals surface area (Å²) in [6.45, 7) is 7.58. The molecule has 1 aliphatic rings. The Labute approximate surface area is 140 Å². The third-order valence-electron chi connectivity index (χ3n) is 4.26. The van der Waals surface area contributed by atoms with Gasteiger partial charge < -0.3 is 9.16 Å². The average molecular weight is 327 g/mol. The van der Waals surface area contributed by atoms with Gasteiger partial charge in [0.05, 0.1) is 6.10 Å². The van der Waals surface area contributed by atoms with Crippen molar-refractivity contribution in [3.8, 4) is 0 Å². The predicted octanol–water partition coefficient (Wildman–Crippen LogP) is 4.96. The first kappa shape index (κ1) is 16.4. The fraction of sp³-hybridized carbons (Fsp3) is 0.400. The van der Waals surface area contributed by atoms with Crippen molar-refractivity contribution in [3.63, 3.8) is 0 Å². The molecule has 3 heteroatoms. The third kappa shape index (κ3) is 3.42. The van der Waals surface area contributed by atoms with Crippen LogP contribution in [0.4, 0.5) is 0 Å². The highest BCUT2D eigenvalue weighted by molar-refractivity contribution is 6.69. The largest absolute Gasteiger partial charge is 0.402 e. The summed E-state index contributed by atoms with van der Waals surface area (Å²) in [6.07, 6.45) is 2.20. The van der Waals surface area contributed by atoms with Crippen LogP contribution >= 0.6 is 0 Å². The van der Waals surface area contributed by atoms with E-state index < -0.39 is 13.9 Å². The van der Waals surface area contributed by atoms with Gasteiger partial charge in [-0.3, -0.25) is 0 Å². The van der Waals surface area contributed by atoms with Crippen LogP contribution in [0, 0.1) is 0 Å². The first-order chi connectivity index (χ1) is 11.0. The lowest BCUT2D eigenvalue weighted by Gasteiger charge is -2.44. The maximum Gasteiger partial charge on any atom is 0.185 e. The van der Waals surface area contributed by atoms with E-state index in [4.69, 9.17) is 9.16 Å². The van der Waals surface area contributed by atoms with Crippen LogP contribution in [0.25, 0.3) is 0 Å². The summed E-state index contributed by atoms with van der Waals surface area (Å²) in [6, 6.07) is 21.2. The Morgan fingerprint density at radius 2 is 1.43 bits per heavy atom. The molecule has 1 heterocycles. The summed E-state index contributed by atoms with van der Waals surface area (Å²) < 4.78 is 13.1. The van der Waals surface area contributed by atoms with Crippen molar-refractivity contribution in [3.05, 3.63) is 71.8 Å². The molecule has 0 bridgehead atoms. The zero-order valence-corrected chi connectivity index (χ0v) is 15.3. The molecular formula is C20H26O2Si. The zero-order valence-electron chi connectivity index (χ0n) is 14.3. The van der Waals surface area contributed by atoms with Crippen LogP contribution in [0.3, 0.4) is 0 Å². The first-order valence-electron chi connectivity index (χ1n) is 8.45. The lowest BCUT2D eigenvalue weighted by Crippen LogP contribution is -2.49. The Morgan fingerprint density at radius 1 is 0.913 bits per heavy atom. The smallest absolute Gasteiger partial charge is 0.185 e. The van der Waals surface area contributed by atoms with Crippen LogP contribution in [0.1, 0.15) is 24.0 Å². The molecule has 2 nitrogen and oxygen atoms in total. The minimum Gasteiger partial charge on any atom is -0.402 e. The van der Waals surface area contributed by atoms with Gasteiger partial charge in [0.2, 0.25) is 0 Å². The lowest BCUT2D eigenvalue weighted by atomic mass is 9.80. The molecule has 1 aliphatic heterocycles. The van der Waals surface area contributed by atoms with Crippen LogP contribution in [-0.2, 0) is 14.8 Å². The molecule has 2 aromatic rings. The molecule has 2 aromatic carbocycles.